The van der Waals surface area contributed by atoms with Crippen molar-refractivity contribution in [2.45, 2.75) is 66.0 Å². The van der Waals surface area contributed by atoms with E-state index in [2.05, 4.69) is 34.6 Å². The number of methoxy groups -OCH3 is 2. The van der Waals surface area contributed by atoms with Gasteiger partial charge in [0, 0.05) is 31.9 Å². The van der Waals surface area contributed by atoms with Crippen LogP contribution in [0.2, 0.25) is 0 Å². The molecule has 2 rings (SSSR count). The zero-order chi connectivity index (χ0) is 27.2. The van der Waals surface area contributed by atoms with Crippen LogP contribution in [0.4, 0.5) is 0 Å². The molecule has 0 unspecified atom stereocenters. The van der Waals surface area contributed by atoms with E-state index < -0.39 is 6.04 Å². The number of hydrogen-bond donors (Lipinski definition) is 1. The minimum Gasteiger partial charge on any atom is -0.493 e. The van der Waals surface area contributed by atoms with Crippen LogP contribution >= 0.6 is 0 Å². The first-order chi connectivity index (χ1) is 17.8. The third kappa shape index (κ3) is 9.31. The molecule has 1 N–H and O–H groups in total. The normalized spacial score (nSPS) is 11.9. The molecular weight excluding hydrogens is 476 g/mol. The van der Waals surface area contributed by atoms with Crippen LogP contribution in [0.25, 0.3) is 11.4 Å². The smallest absolute Gasteiger partial charge is 0.246 e. The second-order valence-electron chi connectivity index (χ2n) is 9.13. The van der Waals surface area contributed by atoms with Crippen LogP contribution in [0, 0.1) is 5.92 Å². The van der Waals surface area contributed by atoms with Gasteiger partial charge in [-0.25, -0.2) is 0 Å². The summed E-state index contributed by atoms with van der Waals surface area (Å²) in [5, 5.41) is 15.6. The minimum atomic E-state index is -0.569. The first-order valence-corrected chi connectivity index (χ1v) is 13.0. The summed E-state index contributed by atoms with van der Waals surface area (Å²) < 4.78 is 16.1. The number of carbonyl (C=O) groups is 2. The molecule has 0 aliphatic rings. The molecule has 0 aliphatic carbocycles. The molecule has 1 aromatic heterocycles. The van der Waals surface area contributed by atoms with Crippen molar-refractivity contribution in [1.29, 1.82) is 0 Å². The van der Waals surface area contributed by atoms with E-state index in [1.807, 2.05) is 13.8 Å². The lowest BCUT2D eigenvalue weighted by atomic mass is 10.1. The molecule has 2 aromatic rings. The van der Waals surface area contributed by atoms with Gasteiger partial charge in [0.05, 0.1) is 14.2 Å². The molecule has 37 heavy (non-hydrogen) atoms. The predicted molar refractivity (Wildman–Crippen MR) is 140 cm³/mol. The summed E-state index contributed by atoms with van der Waals surface area (Å²) in [6.45, 7) is 10.1. The molecular formula is C26H42N6O5. The molecule has 206 valence electrons. The zero-order valence-electron chi connectivity index (χ0n) is 23.0. The first kappa shape index (κ1) is 30.0. The number of carbonyl (C=O) groups excluding carboxylic acids is 2. The Morgan fingerprint density at radius 3 is 2.51 bits per heavy atom. The Hall–Kier alpha value is -3.21. The van der Waals surface area contributed by atoms with E-state index in [9.17, 15) is 9.59 Å². The summed E-state index contributed by atoms with van der Waals surface area (Å²) in [6, 6.07) is 4.73. The maximum atomic E-state index is 13.4. The van der Waals surface area contributed by atoms with Crippen LogP contribution in [0.5, 0.6) is 11.5 Å². The van der Waals surface area contributed by atoms with Crippen molar-refractivity contribution in [3.63, 3.8) is 0 Å². The third-order valence-electron chi connectivity index (χ3n) is 5.85. The van der Waals surface area contributed by atoms with Crippen LogP contribution < -0.4 is 14.8 Å². The van der Waals surface area contributed by atoms with Crippen molar-refractivity contribution in [3.8, 4) is 22.9 Å². The van der Waals surface area contributed by atoms with Crippen molar-refractivity contribution in [2.24, 2.45) is 5.92 Å². The van der Waals surface area contributed by atoms with Gasteiger partial charge in [-0.1, -0.05) is 27.2 Å². The highest BCUT2D eigenvalue weighted by molar-refractivity contribution is 5.87. The van der Waals surface area contributed by atoms with Crippen molar-refractivity contribution >= 4 is 11.8 Å². The summed E-state index contributed by atoms with van der Waals surface area (Å²) in [5.74, 6) is 1.58. The van der Waals surface area contributed by atoms with E-state index >= 15 is 0 Å². The van der Waals surface area contributed by atoms with Gasteiger partial charge in [-0.2, -0.15) is 4.80 Å². The van der Waals surface area contributed by atoms with Crippen molar-refractivity contribution < 1.29 is 23.8 Å². The van der Waals surface area contributed by atoms with Gasteiger partial charge in [-0.15, -0.1) is 10.2 Å². The highest BCUT2D eigenvalue weighted by Gasteiger charge is 2.29. The molecule has 11 nitrogen and oxygen atoms in total. The van der Waals surface area contributed by atoms with Gasteiger partial charge in [0.25, 0.3) is 0 Å². The molecule has 0 radical (unpaired) electrons. The number of nitrogens with zero attached hydrogens (tertiary/aromatic N) is 5. The summed E-state index contributed by atoms with van der Waals surface area (Å²) >= 11 is 0. The topological polar surface area (TPSA) is 121 Å². The number of rotatable bonds is 17. The van der Waals surface area contributed by atoms with E-state index in [0.29, 0.717) is 67.9 Å². The van der Waals surface area contributed by atoms with E-state index in [-0.39, 0.29) is 18.4 Å². The van der Waals surface area contributed by atoms with Crippen molar-refractivity contribution in [3.05, 3.63) is 18.2 Å². The number of tetrazole rings is 1. The fourth-order valence-corrected chi connectivity index (χ4v) is 3.85. The average molecular weight is 519 g/mol. The Bertz CT molecular complexity index is 980. The number of amides is 2. The lowest BCUT2D eigenvalue weighted by molar-refractivity contribution is -0.142. The molecule has 11 heteroatoms. The van der Waals surface area contributed by atoms with Crippen LogP contribution in [0.1, 0.15) is 53.4 Å². The summed E-state index contributed by atoms with van der Waals surface area (Å²) in [6.07, 6.45) is 2.84. The van der Waals surface area contributed by atoms with E-state index in [0.717, 1.165) is 12.8 Å². The molecule has 2 amide bonds. The number of benzene rings is 1. The van der Waals surface area contributed by atoms with Gasteiger partial charge in [0.2, 0.25) is 17.6 Å². The molecule has 0 aliphatic heterocycles. The Balaban J connectivity index is 2.19. The SMILES string of the molecule is CCC[C@@H](C(=O)NCCC(C)C)N(CCCOCC)C(=O)Cn1nnc(-c2ccc(OC)c(OC)c2)n1. The van der Waals surface area contributed by atoms with Gasteiger partial charge in [-0.3, -0.25) is 9.59 Å². The van der Waals surface area contributed by atoms with Crippen molar-refractivity contribution in [1.82, 2.24) is 30.4 Å². The molecule has 0 fully saturated rings. The van der Waals surface area contributed by atoms with Gasteiger partial charge in [0.15, 0.2) is 11.5 Å². The van der Waals surface area contributed by atoms with E-state index in [1.165, 1.54) is 4.80 Å². The minimum absolute atomic E-state index is 0.131. The number of ether oxygens (including phenoxy) is 3. The predicted octanol–water partition coefficient (Wildman–Crippen LogP) is 2.94. The maximum Gasteiger partial charge on any atom is 0.246 e. The highest BCUT2D eigenvalue weighted by Crippen LogP contribution is 2.30. The second kappa shape index (κ2) is 15.8. The Morgan fingerprint density at radius 2 is 1.86 bits per heavy atom. The molecule has 0 spiro atoms. The maximum absolute atomic E-state index is 13.4. The van der Waals surface area contributed by atoms with Gasteiger partial charge in [0.1, 0.15) is 12.6 Å². The van der Waals surface area contributed by atoms with E-state index in [1.54, 1.807) is 37.3 Å². The standard InChI is InChI=1S/C26H42N6O5/c1-7-10-21(26(34)27-14-13-19(3)4)31(15-9-16-37-8-2)24(33)18-32-29-25(28-30-32)20-11-12-22(35-5)23(17-20)36-6/h11-12,17,19,21H,7-10,13-16,18H2,1-6H3,(H,27,34)/t21-/m0/s1. The van der Waals surface area contributed by atoms with Crippen LogP contribution in [0.3, 0.4) is 0 Å². The van der Waals surface area contributed by atoms with Gasteiger partial charge < -0.3 is 24.4 Å². The summed E-state index contributed by atoms with van der Waals surface area (Å²) in [5.41, 5.74) is 0.679. The molecule has 0 saturated carbocycles. The van der Waals surface area contributed by atoms with Crippen LogP contribution in [-0.2, 0) is 20.9 Å². The molecule has 0 saturated heterocycles. The van der Waals surface area contributed by atoms with Gasteiger partial charge in [-0.05, 0) is 55.5 Å². The third-order valence-corrected chi connectivity index (χ3v) is 5.85. The fraction of sp³-hybridized carbons (Fsp3) is 0.654. The highest BCUT2D eigenvalue weighted by atomic mass is 16.5. The molecule has 1 atom stereocenters. The van der Waals surface area contributed by atoms with Gasteiger partial charge >= 0.3 is 0 Å². The average Bonchev–Trinajstić information content (AvgIpc) is 3.35. The summed E-state index contributed by atoms with van der Waals surface area (Å²) in [7, 11) is 3.12. The Labute approximate surface area is 219 Å². The van der Waals surface area contributed by atoms with E-state index in [4.69, 9.17) is 14.2 Å². The number of hydrogen-bond acceptors (Lipinski definition) is 8. The molecule has 1 aromatic carbocycles. The second-order valence-corrected chi connectivity index (χ2v) is 9.13. The largest absolute Gasteiger partial charge is 0.493 e. The molecule has 0 bridgehead atoms. The van der Waals surface area contributed by atoms with Crippen LogP contribution in [-0.4, -0.2) is 83.5 Å². The summed E-state index contributed by atoms with van der Waals surface area (Å²) in [4.78, 5) is 29.4. The number of aromatic nitrogens is 4. The van der Waals surface area contributed by atoms with Crippen LogP contribution in [0.15, 0.2) is 18.2 Å². The fourth-order valence-electron chi connectivity index (χ4n) is 3.85. The number of nitrogens with one attached hydrogen (secondary N) is 1. The first-order valence-electron chi connectivity index (χ1n) is 13.0. The molecule has 1 heterocycles. The Morgan fingerprint density at radius 1 is 1.11 bits per heavy atom. The lowest BCUT2D eigenvalue weighted by Gasteiger charge is -2.31. The monoisotopic (exact) mass is 518 g/mol. The lowest BCUT2D eigenvalue weighted by Crippen LogP contribution is -2.51. The Kier molecular flexibility index (Phi) is 12.8. The zero-order valence-corrected chi connectivity index (χ0v) is 23.0. The quantitative estimate of drug-likeness (QED) is 0.317. The van der Waals surface area contributed by atoms with Crippen molar-refractivity contribution in [2.75, 3.05) is 40.5 Å².